The van der Waals surface area contributed by atoms with Gasteiger partial charge in [0.05, 0.1) is 25.2 Å². The summed E-state index contributed by atoms with van der Waals surface area (Å²) in [5, 5.41) is 2.79. The predicted octanol–water partition coefficient (Wildman–Crippen LogP) is 2.13. The molecule has 1 heterocycles. The van der Waals surface area contributed by atoms with Gasteiger partial charge in [-0.05, 0) is 42.3 Å². The Labute approximate surface area is 182 Å². The molecule has 1 aliphatic rings. The second-order valence-electron chi connectivity index (χ2n) is 7.28. The van der Waals surface area contributed by atoms with E-state index in [1.807, 2.05) is 25.1 Å². The predicted molar refractivity (Wildman–Crippen MR) is 120 cm³/mol. The van der Waals surface area contributed by atoms with Crippen molar-refractivity contribution in [1.29, 1.82) is 0 Å². The lowest BCUT2D eigenvalue weighted by Crippen LogP contribution is -2.40. The van der Waals surface area contributed by atoms with Crippen LogP contribution in [0.4, 0.5) is 11.4 Å². The van der Waals surface area contributed by atoms with E-state index in [2.05, 4.69) is 5.32 Å². The van der Waals surface area contributed by atoms with Crippen LogP contribution >= 0.6 is 0 Å². The number of amides is 2. The number of carbonyl (C=O) groups excluding carboxylic acids is 2. The van der Waals surface area contributed by atoms with Crippen molar-refractivity contribution in [3.8, 4) is 0 Å². The lowest BCUT2D eigenvalue weighted by Gasteiger charge is -2.27. The number of anilines is 2. The Morgan fingerprint density at radius 3 is 2.32 bits per heavy atom. The third kappa shape index (κ3) is 5.83. The Hall–Kier alpha value is -2.91. The third-order valence-corrected chi connectivity index (χ3v) is 6.20. The van der Waals surface area contributed by atoms with Crippen LogP contribution in [0.3, 0.4) is 0 Å². The maximum absolute atomic E-state index is 12.6. The Kier molecular flexibility index (Phi) is 7.29. The van der Waals surface area contributed by atoms with Crippen molar-refractivity contribution in [3.63, 3.8) is 0 Å². The summed E-state index contributed by atoms with van der Waals surface area (Å²) in [5.41, 5.74) is 2.41. The first-order chi connectivity index (χ1) is 14.8. The van der Waals surface area contributed by atoms with E-state index in [1.54, 1.807) is 35.2 Å². The fraction of sp³-hybridized carbons (Fsp3) is 0.364. The van der Waals surface area contributed by atoms with E-state index in [4.69, 9.17) is 4.74 Å². The zero-order chi connectivity index (χ0) is 22.4. The molecule has 1 aliphatic heterocycles. The molecule has 0 atom stereocenters. The largest absolute Gasteiger partial charge is 0.378 e. The highest BCUT2D eigenvalue weighted by Crippen LogP contribution is 2.21. The summed E-state index contributed by atoms with van der Waals surface area (Å²) in [4.78, 5) is 26.9. The minimum atomic E-state index is -3.71. The number of morpholine rings is 1. The molecular formula is C22H27N3O5S. The molecule has 2 amide bonds. The monoisotopic (exact) mass is 445 g/mol. The van der Waals surface area contributed by atoms with E-state index < -0.39 is 15.9 Å². The number of hydrogen-bond donors (Lipinski definition) is 1. The molecule has 3 rings (SSSR count). The van der Waals surface area contributed by atoms with Crippen LogP contribution < -0.4 is 9.62 Å². The van der Waals surface area contributed by atoms with E-state index in [0.717, 1.165) is 22.5 Å². The van der Waals surface area contributed by atoms with Crippen LogP contribution in [0, 0.1) is 0 Å². The molecule has 9 heteroatoms. The fourth-order valence-electron chi connectivity index (χ4n) is 3.39. The van der Waals surface area contributed by atoms with Crippen molar-refractivity contribution >= 4 is 33.2 Å². The Morgan fingerprint density at radius 2 is 1.71 bits per heavy atom. The number of carbonyl (C=O) groups is 2. The molecule has 0 unspecified atom stereocenters. The molecule has 2 aromatic carbocycles. The number of hydrogen-bond acceptors (Lipinski definition) is 5. The Bertz CT molecular complexity index is 1030. The molecule has 8 nitrogen and oxygen atoms in total. The summed E-state index contributed by atoms with van der Waals surface area (Å²) in [7, 11) is -3.71. The first kappa shape index (κ1) is 22.8. The minimum Gasteiger partial charge on any atom is -0.378 e. The zero-order valence-electron chi connectivity index (χ0n) is 17.7. The van der Waals surface area contributed by atoms with Crippen molar-refractivity contribution in [3.05, 3.63) is 59.7 Å². The number of ether oxygens (including phenoxy) is 1. The van der Waals surface area contributed by atoms with Gasteiger partial charge in [0.15, 0.2) is 0 Å². The van der Waals surface area contributed by atoms with Gasteiger partial charge in [-0.25, -0.2) is 8.42 Å². The molecule has 0 spiro atoms. The highest BCUT2D eigenvalue weighted by Gasteiger charge is 2.23. The molecule has 0 aromatic heterocycles. The smallest absolute Gasteiger partial charge is 0.254 e. The SMILES string of the molecule is CCc1ccccc1NC(=O)CN(c1ccc(C(=O)N2CCOCC2)cc1)S(C)(=O)=O. The van der Waals surface area contributed by atoms with E-state index in [0.29, 0.717) is 43.2 Å². The van der Waals surface area contributed by atoms with Crippen LogP contribution in [0.25, 0.3) is 0 Å². The van der Waals surface area contributed by atoms with Crippen molar-refractivity contribution in [2.45, 2.75) is 13.3 Å². The van der Waals surface area contributed by atoms with E-state index in [-0.39, 0.29) is 12.5 Å². The maximum atomic E-state index is 12.6. The summed E-state index contributed by atoms with van der Waals surface area (Å²) in [5.74, 6) is -0.575. The topological polar surface area (TPSA) is 96.0 Å². The second-order valence-corrected chi connectivity index (χ2v) is 9.19. The standard InChI is InChI=1S/C22H27N3O5S/c1-3-17-6-4-5-7-20(17)23-21(26)16-25(31(2,28)29)19-10-8-18(9-11-19)22(27)24-12-14-30-15-13-24/h4-11H,3,12-16H2,1-2H3,(H,23,26). The van der Waals surface area contributed by atoms with Gasteiger partial charge >= 0.3 is 0 Å². The van der Waals surface area contributed by atoms with Gasteiger partial charge < -0.3 is 15.0 Å². The highest BCUT2D eigenvalue weighted by molar-refractivity contribution is 7.92. The summed E-state index contributed by atoms with van der Waals surface area (Å²) in [6.07, 6.45) is 1.79. The second kappa shape index (κ2) is 9.93. The minimum absolute atomic E-state index is 0.130. The number of aryl methyl sites for hydroxylation is 1. The molecule has 0 bridgehead atoms. The lowest BCUT2D eigenvalue weighted by atomic mass is 10.1. The van der Waals surface area contributed by atoms with Crippen molar-refractivity contribution in [2.24, 2.45) is 0 Å². The third-order valence-electron chi connectivity index (χ3n) is 5.06. The molecule has 1 N–H and O–H groups in total. The maximum Gasteiger partial charge on any atom is 0.254 e. The summed E-state index contributed by atoms with van der Waals surface area (Å²) in [6, 6.07) is 13.6. The molecular weight excluding hydrogens is 418 g/mol. The normalized spacial score (nSPS) is 14.2. The van der Waals surface area contributed by atoms with E-state index >= 15 is 0 Å². The lowest BCUT2D eigenvalue weighted by molar-refractivity contribution is -0.114. The average molecular weight is 446 g/mol. The molecule has 0 radical (unpaired) electrons. The van der Waals surface area contributed by atoms with Crippen LogP contribution in [0.15, 0.2) is 48.5 Å². The molecule has 1 saturated heterocycles. The number of benzene rings is 2. The Morgan fingerprint density at radius 1 is 1.06 bits per heavy atom. The number of rotatable bonds is 7. The van der Waals surface area contributed by atoms with Gasteiger partial charge in [-0.15, -0.1) is 0 Å². The van der Waals surface area contributed by atoms with Gasteiger partial charge in [-0.3, -0.25) is 13.9 Å². The summed E-state index contributed by atoms with van der Waals surface area (Å²) in [6.45, 7) is 3.66. The Balaban J connectivity index is 1.75. The highest BCUT2D eigenvalue weighted by atomic mass is 32.2. The van der Waals surface area contributed by atoms with Crippen molar-refractivity contribution < 1.29 is 22.7 Å². The van der Waals surface area contributed by atoms with Gasteiger partial charge in [0.25, 0.3) is 5.91 Å². The molecule has 1 fully saturated rings. The first-order valence-electron chi connectivity index (χ1n) is 10.1. The molecule has 0 saturated carbocycles. The number of nitrogens with one attached hydrogen (secondary N) is 1. The van der Waals surface area contributed by atoms with Crippen LogP contribution in [-0.2, 0) is 26.0 Å². The first-order valence-corrected chi connectivity index (χ1v) is 12.0. The number of para-hydroxylation sites is 1. The van der Waals surface area contributed by atoms with Crippen LogP contribution in [0.1, 0.15) is 22.8 Å². The van der Waals surface area contributed by atoms with E-state index in [9.17, 15) is 18.0 Å². The number of nitrogens with zero attached hydrogens (tertiary/aromatic N) is 2. The molecule has 166 valence electrons. The molecule has 2 aromatic rings. The number of sulfonamides is 1. The molecule has 31 heavy (non-hydrogen) atoms. The van der Waals surface area contributed by atoms with Crippen LogP contribution in [0.2, 0.25) is 0 Å². The van der Waals surface area contributed by atoms with Gasteiger partial charge in [-0.2, -0.15) is 0 Å². The fourth-order valence-corrected chi connectivity index (χ4v) is 4.25. The van der Waals surface area contributed by atoms with Crippen LogP contribution in [-0.4, -0.2) is 64.2 Å². The van der Waals surface area contributed by atoms with Gasteiger partial charge in [0, 0.05) is 24.3 Å². The van der Waals surface area contributed by atoms with Gasteiger partial charge in [0.2, 0.25) is 15.9 Å². The summed E-state index contributed by atoms with van der Waals surface area (Å²) >= 11 is 0. The van der Waals surface area contributed by atoms with Gasteiger partial charge in [-0.1, -0.05) is 25.1 Å². The van der Waals surface area contributed by atoms with Crippen LogP contribution in [0.5, 0.6) is 0 Å². The van der Waals surface area contributed by atoms with Gasteiger partial charge in [0.1, 0.15) is 6.54 Å². The van der Waals surface area contributed by atoms with Crippen molar-refractivity contribution in [1.82, 2.24) is 4.90 Å². The van der Waals surface area contributed by atoms with E-state index in [1.165, 1.54) is 0 Å². The average Bonchev–Trinajstić information content (AvgIpc) is 2.77. The summed E-state index contributed by atoms with van der Waals surface area (Å²) < 4.78 is 31.0. The zero-order valence-corrected chi connectivity index (χ0v) is 18.5. The quantitative estimate of drug-likeness (QED) is 0.704. The van der Waals surface area contributed by atoms with Crippen molar-refractivity contribution in [2.75, 3.05) is 48.7 Å². The molecule has 0 aliphatic carbocycles.